The van der Waals surface area contributed by atoms with Crippen molar-refractivity contribution in [3.05, 3.63) is 29.8 Å². The molecule has 1 aromatic rings. The Morgan fingerprint density at radius 2 is 2.17 bits per heavy atom. The van der Waals surface area contributed by atoms with Gasteiger partial charge in [-0.05, 0) is 31.1 Å². The van der Waals surface area contributed by atoms with Crippen LogP contribution in [0.5, 0.6) is 0 Å². The van der Waals surface area contributed by atoms with Crippen molar-refractivity contribution in [1.29, 1.82) is 0 Å². The summed E-state index contributed by atoms with van der Waals surface area (Å²) >= 11 is 1.30. The molecule has 0 atom stereocenters. The first kappa shape index (κ1) is 9.09. The second-order valence-electron chi connectivity index (χ2n) is 2.11. The van der Waals surface area contributed by atoms with Crippen LogP contribution in [0.15, 0.2) is 29.2 Å². The normalized spacial score (nSPS) is 9.75. The van der Waals surface area contributed by atoms with Crippen LogP contribution in [0.1, 0.15) is 10.4 Å². The van der Waals surface area contributed by atoms with Gasteiger partial charge < -0.3 is 5.11 Å². The predicted octanol–water partition coefficient (Wildman–Crippen LogP) is 1.61. The number of carboxylic acid groups (broad SMARTS) is 1. The molecule has 1 rings (SSSR count). The minimum absolute atomic E-state index is 0.330. The summed E-state index contributed by atoms with van der Waals surface area (Å²) in [6, 6.07) is 6.88. The number of hydrogen-bond donors (Lipinski definition) is 2. The molecule has 0 spiro atoms. The van der Waals surface area contributed by atoms with Crippen LogP contribution in [0.4, 0.5) is 0 Å². The summed E-state index contributed by atoms with van der Waals surface area (Å²) in [5.74, 6) is -0.895. The van der Waals surface area contributed by atoms with Crippen molar-refractivity contribution in [2.24, 2.45) is 0 Å². The van der Waals surface area contributed by atoms with E-state index >= 15 is 0 Å². The van der Waals surface area contributed by atoms with Gasteiger partial charge in [-0.3, -0.25) is 4.72 Å². The number of benzene rings is 1. The zero-order valence-electron chi connectivity index (χ0n) is 6.57. The van der Waals surface area contributed by atoms with Crippen molar-refractivity contribution in [3.8, 4) is 0 Å². The minimum Gasteiger partial charge on any atom is -0.478 e. The Morgan fingerprint density at radius 1 is 1.50 bits per heavy atom. The van der Waals surface area contributed by atoms with E-state index in [1.165, 1.54) is 11.9 Å². The second-order valence-corrected chi connectivity index (χ2v) is 3.16. The fourth-order valence-electron chi connectivity index (χ4n) is 0.842. The van der Waals surface area contributed by atoms with Gasteiger partial charge in [0.25, 0.3) is 0 Å². The molecule has 0 aliphatic carbocycles. The van der Waals surface area contributed by atoms with E-state index in [2.05, 4.69) is 4.72 Å². The van der Waals surface area contributed by atoms with Gasteiger partial charge in [-0.15, -0.1) is 0 Å². The first-order chi connectivity index (χ1) is 5.75. The van der Waals surface area contributed by atoms with Crippen molar-refractivity contribution in [2.45, 2.75) is 4.90 Å². The maximum atomic E-state index is 10.7. The molecule has 0 bridgehead atoms. The largest absolute Gasteiger partial charge is 0.478 e. The summed E-state index contributed by atoms with van der Waals surface area (Å²) in [5.41, 5.74) is 0.330. The smallest absolute Gasteiger partial charge is 0.336 e. The number of rotatable bonds is 3. The van der Waals surface area contributed by atoms with Gasteiger partial charge >= 0.3 is 5.97 Å². The van der Waals surface area contributed by atoms with Gasteiger partial charge in [-0.25, -0.2) is 4.79 Å². The van der Waals surface area contributed by atoms with Crippen LogP contribution >= 0.6 is 11.9 Å². The fraction of sp³-hybridized carbons (Fsp3) is 0.125. The standard InChI is InChI=1S/C8H9NO2S/c1-9-12-7-5-3-2-4-6(7)8(10)11/h2-5,9H,1H3,(H,10,11). The lowest BCUT2D eigenvalue weighted by Gasteiger charge is -2.02. The number of carbonyl (C=O) groups is 1. The van der Waals surface area contributed by atoms with Gasteiger partial charge in [0.05, 0.1) is 5.56 Å². The lowest BCUT2D eigenvalue weighted by molar-refractivity contribution is 0.0693. The third-order valence-corrected chi connectivity index (χ3v) is 2.11. The Labute approximate surface area is 74.9 Å². The summed E-state index contributed by atoms with van der Waals surface area (Å²) in [5, 5.41) is 8.75. The van der Waals surface area contributed by atoms with Crippen LogP contribution in [-0.4, -0.2) is 18.1 Å². The van der Waals surface area contributed by atoms with E-state index in [4.69, 9.17) is 5.11 Å². The highest BCUT2D eigenvalue weighted by Crippen LogP contribution is 2.18. The van der Waals surface area contributed by atoms with E-state index in [-0.39, 0.29) is 0 Å². The quantitative estimate of drug-likeness (QED) is 0.699. The van der Waals surface area contributed by atoms with Crippen molar-refractivity contribution in [2.75, 3.05) is 7.05 Å². The Bertz CT molecular complexity index is 288. The van der Waals surface area contributed by atoms with E-state index < -0.39 is 5.97 Å². The molecular formula is C8H9NO2S. The third kappa shape index (κ3) is 1.99. The highest BCUT2D eigenvalue weighted by atomic mass is 32.2. The van der Waals surface area contributed by atoms with E-state index in [0.717, 1.165) is 4.90 Å². The van der Waals surface area contributed by atoms with Gasteiger partial charge in [-0.2, -0.15) is 0 Å². The van der Waals surface area contributed by atoms with Gasteiger partial charge in [-0.1, -0.05) is 12.1 Å². The molecule has 0 aliphatic heterocycles. The molecule has 64 valence electrons. The van der Waals surface area contributed by atoms with Gasteiger partial charge in [0.2, 0.25) is 0 Å². The van der Waals surface area contributed by atoms with E-state index in [1.807, 2.05) is 6.07 Å². The van der Waals surface area contributed by atoms with E-state index in [0.29, 0.717) is 5.56 Å². The highest BCUT2D eigenvalue weighted by Gasteiger charge is 2.07. The summed E-state index contributed by atoms with van der Waals surface area (Å²) in [7, 11) is 1.75. The summed E-state index contributed by atoms with van der Waals surface area (Å²) in [6.45, 7) is 0. The number of hydrogen-bond acceptors (Lipinski definition) is 3. The molecular weight excluding hydrogens is 174 g/mol. The molecule has 0 saturated carbocycles. The van der Waals surface area contributed by atoms with Crippen LogP contribution in [0, 0.1) is 0 Å². The highest BCUT2D eigenvalue weighted by molar-refractivity contribution is 7.97. The Balaban J connectivity index is 3.00. The van der Waals surface area contributed by atoms with Crippen molar-refractivity contribution in [3.63, 3.8) is 0 Å². The summed E-state index contributed by atoms with van der Waals surface area (Å²) in [6.07, 6.45) is 0. The molecule has 12 heavy (non-hydrogen) atoms. The number of aromatic carboxylic acids is 1. The van der Waals surface area contributed by atoms with Gasteiger partial charge in [0, 0.05) is 4.90 Å². The Hall–Kier alpha value is -1.00. The molecule has 0 unspecified atom stereocenters. The molecule has 0 radical (unpaired) electrons. The third-order valence-electron chi connectivity index (χ3n) is 1.33. The maximum absolute atomic E-state index is 10.7. The summed E-state index contributed by atoms with van der Waals surface area (Å²) in [4.78, 5) is 11.4. The molecule has 0 aromatic heterocycles. The van der Waals surface area contributed by atoms with Crippen LogP contribution in [0.25, 0.3) is 0 Å². The van der Waals surface area contributed by atoms with Gasteiger partial charge in [0.1, 0.15) is 0 Å². The van der Waals surface area contributed by atoms with Crippen LogP contribution < -0.4 is 4.72 Å². The molecule has 0 saturated heterocycles. The molecule has 4 heteroatoms. The van der Waals surface area contributed by atoms with Crippen LogP contribution in [-0.2, 0) is 0 Å². The van der Waals surface area contributed by atoms with Crippen molar-refractivity contribution >= 4 is 17.9 Å². The van der Waals surface area contributed by atoms with E-state index in [1.54, 1.807) is 25.2 Å². The summed E-state index contributed by atoms with van der Waals surface area (Å²) < 4.78 is 2.83. The molecule has 3 nitrogen and oxygen atoms in total. The average molecular weight is 183 g/mol. The maximum Gasteiger partial charge on any atom is 0.336 e. The first-order valence-electron chi connectivity index (χ1n) is 3.41. The Morgan fingerprint density at radius 3 is 2.75 bits per heavy atom. The molecule has 1 aromatic carbocycles. The SMILES string of the molecule is CNSc1ccccc1C(=O)O. The lowest BCUT2D eigenvalue weighted by Crippen LogP contribution is -2.01. The first-order valence-corrected chi connectivity index (χ1v) is 4.23. The van der Waals surface area contributed by atoms with E-state index in [9.17, 15) is 4.79 Å². The molecule has 2 N–H and O–H groups in total. The van der Waals surface area contributed by atoms with Crippen LogP contribution in [0.3, 0.4) is 0 Å². The zero-order chi connectivity index (χ0) is 8.97. The fourth-order valence-corrected chi connectivity index (χ4v) is 1.47. The van der Waals surface area contributed by atoms with Gasteiger partial charge in [0.15, 0.2) is 0 Å². The molecule has 0 heterocycles. The molecule has 0 aliphatic rings. The molecule has 0 fully saturated rings. The lowest BCUT2D eigenvalue weighted by atomic mass is 10.2. The molecule has 0 amide bonds. The van der Waals surface area contributed by atoms with Crippen molar-refractivity contribution in [1.82, 2.24) is 4.72 Å². The predicted molar refractivity (Wildman–Crippen MR) is 48.3 cm³/mol. The average Bonchev–Trinajstić information content (AvgIpc) is 2.05. The second kappa shape index (κ2) is 4.13. The minimum atomic E-state index is -0.895. The monoisotopic (exact) mass is 183 g/mol. The van der Waals surface area contributed by atoms with Crippen molar-refractivity contribution < 1.29 is 9.90 Å². The number of nitrogens with one attached hydrogen (secondary N) is 1. The van der Waals surface area contributed by atoms with Crippen LogP contribution in [0.2, 0.25) is 0 Å². The zero-order valence-corrected chi connectivity index (χ0v) is 7.39. The topological polar surface area (TPSA) is 49.3 Å². The number of carboxylic acids is 1. The Kier molecular flexibility index (Phi) is 3.13.